The van der Waals surface area contributed by atoms with Crippen LogP contribution >= 0.6 is 34.7 Å². The highest BCUT2D eigenvalue weighted by Crippen LogP contribution is 2.20. The van der Waals surface area contributed by atoms with Gasteiger partial charge in [0.05, 0.1) is 6.54 Å². The first-order valence-electron chi connectivity index (χ1n) is 7.04. The number of hydrogen-bond donors (Lipinski definition) is 2. The first kappa shape index (κ1) is 17.0. The Morgan fingerprint density at radius 1 is 1.08 bits per heavy atom. The van der Waals surface area contributed by atoms with Gasteiger partial charge in [-0.3, -0.25) is 0 Å². The van der Waals surface area contributed by atoms with Gasteiger partial charge in [0, 0.05) is 15.6 Å². The SMILES string of the molecule is O=c1nc(NC(O)c2ccc(Cl)cc2)sn1Cc1ccc(Cl)cc1. The lowest BCUT2D eigenvalue weighted by atomic mass is 10.2. The van der Waals surface area contributed by atoms with Crippen molar-refractivity contribution in [2.45, 2.75) is 12.8 Å². The lowest BCUT2D eigenvalue weighted by Gasteiger charge is -2.11. The average molecular weight is 382 g/mol. The molecule has 1 unspecified atom stereocenters. The molecule has 1 aromatic heterocycles. The zero-order valence-electron chi connectivity index (χ0n) is 12.3. The predicted molar refractivity (Wildman–Crippen MR) is 97.0 cm³/mol. The van der Waals surface area contributed by atoms with Gasteiger partial charge < -0.3 is 10.4 Å². The van der Waals surface area contributed by atoms with Crippen molar-refractivity contribution in [3.63, 3.8) is 0 Å². The van der Waals surface area contributed by atoms with E-state index in [1.54, 1.807) is 36.4 Å². The highest BCUT2D eigenvalue weighted by molar-refractivity contribution is 7.10. The number of halogens is 2. The van der Waals surface area contributed by atoms with Crippen molar-refractivity contribution in [1.29, 1.82) is 0 Å². The van der Waals surface area contributed by atoms with E-state index in [0.29, 0.717) is 27.3 Å². The molecule has 124 valence electrons. The quantitative estimate of drug-likeness (QED) is 0.660. The fourth-order valence-electron chi connectivity index (χ4n) is 2.07. The molecule has 0 radical (unpaired) electrons. The van der Waals surface area contributed by atoms with Crippen LogP contribution in [0.3, 0.4) is 0 Å². The van der Waals surface area contributed by atoms with Gasteiger partial charge in [0.25, 0.3) is 0 Å². The Bertz CT molecular complexity index is 876. The largest absolute Gasteiger partial charge is 0.369 e. The number of hydrogen-bond acceptors (Lipinski definition) is 5. The van der Waals surface area contributed by atoms with Crippen molar-refractivity contribution in [3.05, 3.63) is 80.2 Å². The molecule has 2 aromatic carbocycles. The molecule has 0 bridgehead atoms. The van der Waals surface area contributed by atoms with Crippen molar-refractivity contribution in [2.24, 2.45) is 0 Å². The minimum absolute atomic E-state index is 0.344. The van der Waals surface area contributed by atoms with E-state index < -0.39 is 6.23 Å². The summed E-state index contributed by atoms with van der Waals surface area (Å²) in [6, 6.07) is 14.0. The van der Waals surface area contributed by atoms with Crippen LogP contribution in [0.2, 0.25) is 10.0 Å². The Balaban J connectivity index is 1.72. The highest BCUT2D eigenvalue weighted by atomic mass is 35.5. The lowest BCUT2D eigenvalue weighted by molar-refractivity contribution is 0.208. The molecule has 0 aliphatic carbocycles. The van der Waals surface area contributed by atoms with Crippen molar-refractivity contribution in [2.75, 3.05) is 5.32 Å². The molecule has 1 heterocycles. The van der Waals surface area contributed by atoms with Gasteiger partial charge >= 0.3 is 5.69 Å². The number of aromatic nitrogens is 2. The van der Waals surface area contributed by atoms with Crippen molar-refractivity contribution < 1.29 is 5.11 Å². The Labute approximate surface area is 152 Å². The third-order valence-corrected chi connectivity index (χ3v) is 4.68. The lowest BCUT2D eigenvalue weighted by Crippen LogP contribution is -2.16. The zero-order chi connectivity index (χ0) is 17.1. The Kier molecular flexibility index (Phi) is 5.20. The van der Waals surface area contributed by atoms with Crippen LogP contribution in [0.25, 0.3) is 0 Å². The summed E-state index contributed by atoms with van der Waals surface area (Å²) in [7, 11) is 0. The van der Waals surface area contributed by atoms with Crippen LogP contribution in [0.15, 0.2) is 53.3 Å². The summed E-state index contributed by atoms with van der Waals surface area (Å²) >= 11 is 12.8. The van der Waals surface area contributed by atoms with E-state index >= 15 is 0 Å². The maximum Gasteiger partial charge on any atom is 0.360 e. The summed E-state index contributed by atoms with van der Waals surface area (Å²) in [5.41, 5.74) is 1.20. The predicted octanol–water partition coefficient (Wildman–Crippen LogP) is 3.76. The van der Waals surface area contributed by atoms with E-state index in [2.05, 4.69) is 10.3 Å². The fraction of sp³-hybridized carbons (Fsp3) is 0.125. The van der Waals surface area contributed by atoms with E-state index in [1.807, 2.05) is 12.1 Å². The summed E-state index contributed by atoms with van der Waals surface area (Å²) < 4.78 is 1.50. The van der Waals surface area contributed by atoms with Crippen LogP contribution in [0.5, 0.6) is 0 Å². The molecule has 8 heteroatoms. The minimum atomic E-state index is -0.975. The Morgan fingerprint density at radius 2 is 1.67 bits per heavy atom. The number of aliphatic hydroxyl groups is 1. The van der Waals surface area contributed by atoms with Gasteiger partial charge in [-0.2, -0.15) is 4.98 Å². The molecule has 5 nitrogen and oxygen atoms in total. The average Bonchev–Trinajstić information content (AvgIpc) is 2.89. The van der Waals surface area contributed by atoms with Gasteiger partial charge in [0.2, 0.25) is 5.13 Å². The van der Waals surface area contributed by atoms with Crippen LogP contribution < -0.4 is 11.0 Å². The van der Waals surface area contributed by atoms with Crippen LogP contribution in [-0.2, 0) is 6.54 Å². The highest BCUT2D eigenvalue weighted by Gasteiger charge is 2.12. The molecule has 3 rings (SSSR count). The molecule has 0 aliphatic rings. The molecular weight excluding hydrogens is 369 g/mol. The molecule has 0 amide bonds. The monoisotopic (exact) mass is 381 g/mol. The van der Waals surface area contributed by atoms with E-state index in [1.165, 1.54) is 3.96 Å². The maximum atomic E-state index is 12.0. The number of benzene rings is 2. The van der Waals surface area contributed by atoms with Gasteiger partial charge in [0.1, 0.15) is 0 Å². The summed E-state index contributed by atoms with van der Waals surface area (Å²) in [5.74, 6) is 0. The number of anilines is 1. The summed E-state index contributed by atoms with van der Waals surface area (Å²) in [6.45, 7) is 0.395. The first-order valence-corrected chi connectivity index (χ1v) is 8.57. The number of rotatable bonds is 5. The molecular formula is C16H13Cl2N3O2S. The second kappa shape index (κ2) is 7.36. The van der Waals surface area contributed by atoms with Crippen molar-refractivity contribution in [3.8, 4) is 0 Å². The second-order valence-corrected chi connectivity index (χ2v) is 6.94. The summed E-state index contributed by atoms with van der Waals surface area (Å²) in [5, 5.41) is 14.6. The topological polar surface area (TPSA) is 67.2 Å². The molecule has 3 aromatic rings. The van der Waals surface area contributed by atoms with Crippen molar-refractivity contribution >= 4 is 39.9 Å². The van der Waals surface area contributed by atoms with Gasteiger partial charge in [-0.25, -0.2) is 8.75 Å². The zero-order valence-corrected chi connectivity index (χ0v) is 14.6. The first-order chi connectivity index (χ1) is 11.5. The molecule has 1 atom stereocenters. The van der Waals surface area contributed by atoms with E-state index in [9.17, 15) is 9.90 Å². The summed E-state index contributed by atoms with van der Waals surface area (Å²) in [4.78, 5) is 15.9. The minimum Gasteiger partial charge on any atom is -0.369 e. The van der Waals surface area contributed by atoms with Crippen LogP contribution in [0.4, 0.5) is 5.13 Å². The molecule has 0 spiro atoms. The number of aliphatic hydroxyl groups excluding tert-OH is 1. The third kappa shape index (κ3) is 4.15. The van der Waals surface area contributed by atoms with Crippen molar-refractivity contribution in [1.82, 2.24) is 8.94 Å². The van der Waals surface area contributed by atoms with Crippen LogP contribution in [0.1, 0.15) is 17.4 Å². The normalized spacial score (nSPS) is 12.1. The van der Waals surface area contributed by atoms with Gasteiger partial charge in [0.15, 0.2) is 6.23 Å². The standard InChI is InChI=1S/C16H13Cl2N3O2S/c17-12-5-1-10(2-6-12)9-21-16(23)20-15(24-21)19-14(22)11-3-7-13(18)8-4-11/h1-8,14,22H,9H2,(H,19,20,23). The number of nitrogens with zero attached hydrogens (tertiary/aromatic N) is 2. The second-order valence-electron chi connectivity index (χ2n) is 5.05. The molecule has 0 fully saturated rings. The van der Waals surface area contributed by atoms with Gasteiger partial charge in [-0.05, 0) is 41.4 Å². The molecule has 24 heavy (non-hydrogen) atoms. The third-order valence-electron chi connectivity index (χ3n) is 3.29. The van der Waals surface area contributed by atoms with E-state index in [0.717, 1.165) is 17.1 Å². The smallest absolute Gasteiger partial charge is 0.360 e. The van der Waals surface area contributed by atoms with Crippen LogP contribution in [-0.4, -0.2) is 14.0 Å². The maximum absolute atomic E-state index is 12.0. The van der Waals surface area contributed by atoms with Crippen LogP contribution in [0, 0.1) is 0 Å². The number of nitrogens with one attached hydrogen (secondary N) is 1. The van der Waals surface area contributed by atoms with Gasteiger partial charge in [-0.1, -0.05) is 47.5 Å². The fourth-order valence-corrected chi connectivity index (χ4v) is 3.14. The van der Waals surface area contributed by atoms with E-state index in [-0.39, 0.29) is 5.69 Å². The molecule has 0 saturated carbocycles. The van der Waals surface area contributed by atoms with Gasteiger partial charge in [-0.15, -0.1) is 0 Å². The Morgan fingerprint density at radius 3 is 2.29 bits per heavy atom. The molecule has 2 N–H and O–H groups in total. The summed E-state index contributed by atoms with van der Waals surface area (Å²) in [6.07, 6.45) is -0.975. The molecule has 0 saturated heterocycles. The Hall–Kier alpha value is -1.86. The van der Waals surface area contributed by atoms with E-state index in [4.69, 9.17) is 23.2 Å². The molecule has 0 aliphatic heterocycles.